The third-order valence-electron chi connectivity index (χ3n) is 5.11. The number of hydrogen-bond donors (Lipinski definition) is 0. The van der Waals surface area contributed by atoms with E-state index in [1.807, 2.05) is 17.0 Å². The first kappa shape index (κ1) is 17.7. The molecule has 6 nitrogen and oxygen atoms in total. The number of benzene rings is 1. The predicted octanol–water partition coefficient (Wildman–Crippen LogP) is 2.52. The first-order valence-corrected chi connectivity index (χ1v) is 10.7. The number of nitrogens with zero attached hydrogens (tertiary/aromatic N) is 4. The summed E-state index contributed by atoms with van der Waals surface area (Å²) in [5.74, 6) is 0.684. The summed E-state index contributed by atoms with van der Waals surface area (Å²) < 4.78 is 27.6. The molecule has 26 heavy (non-hydrogen) atoms. The fraction of sp³-hybridized carbons (Fsp3) is 0.444. The van der Waals surface area contributed by atoms with Crippen LogP contribution in [0.2, 0.25) is 5.15 Å². The highest BCUT2D eigenvalue weighted by Crippen LogP contribution is 2.26. The predicted molar refractivity (Wildman–Crippen MR) is 101 cm³/mol. The highest BCUT2D eigenvalue weighted by atomic mass is 35.5. The summed E-state index contributed by atoms with van der Waals surface area (Å²) in [6.45, 7) is 1.99. The molecule has 1 saturated heterocycles. The fourth-order valence-corrected chi connectivity index (χ4v) is 5.28. The Labute approximate surface area is 158 Å². The fourth-order valence-electron chi connectivity index (χ4n) is 3.66. The van der Waals surface area contributed by atoms with Crippen LogP contribution in [0.25, 0.3) is 0 Å². The summed E-state index contributed by atoms with van der Waals surface area (Å²) >= 11 is 5.90. The number of piperazine rings is 1. The Morgan fingerprint density at radius 2 is 1.69 bits per heavy atom. The van der Waals surface area contributed by atoms with Crippen LogP contribution >= 0.6 is 11.6 Å². The van der Waals surface area contributed by atoms with Crippen molar-refractivity contribution in [2.24, 2.45) is 0 Å². The summed E-state index contributed by atoms with van der Waals surface area (Å²) in [6, 6.07) is 5.62. The molecule has 0 spiro atoms. The molecule has 0 amide bonds. The zero-order valence-electron chi connectivity index (χ0n) is 14.4. The second-order valence-electron chi connectivity index (χ2n) is 6.73. The molecule has 0 N–H and O–H groups in total. The maximum absolute atomic E-state index is 13.0. The van der Waals surface area contributed by atoms with Crippen LogP contribution in [-0.4, -0.2) is 48.9 Å². The third-order valence-corrected chi connectivity index (χ3v) is 7.19. The summed E-state index contributed by atoms with van der Waals surface area (Å²) in [4.78, 5) is 10.7. The van der Waals surface area contributed by atoms with Crippen molar-refractivity contribution in [2.75, 3.05) is 31.1 Å². The minimum atomic E-state index is -3.46. The monoisotopic (exact) mass is 392 g/mol. The van der Waals surface area contributed by atoms with Gasteiger partial charge in [0.2, 0.25) is 10.0 Å². The number of sulfonamides is 1. The van der Waals surface area contributed by atoms with Crippen molar-refractivity contribution in [3.05, 3.63) is 46.9 Å². The van der Waals surface area contributed by atoms with Gasteiger partial charge in [0.1, 0.15) is 11.0 Å². The maximum atomic E-state index is 13.0. The standard InChI is InChI=1S/C18H21ClN4O2S/c19-17-12-20-13-18(21-17)22-7-9-23(10-8-22)26(24,25)16-6-5-14-3-1-2-4-15(14)11-16/h5-6,11-13H,1-4,7-10H2. The van der Waals surface area contributed by atoms with E-state index in [0.29, 0.717) is 42.0 Å². The lowest BCUT2D eigenvalue weighted by atomic mass is 9.92. The van der Waals surface area contributed by atoms with Crippen LogP contribution in [0.5, 0.6) is 0 Å². The van der Waals surface area contributed by atoms with Gasteiger partial charge < -0.3 is 4.90 Å². The van der Waals surface area contributed by atoms with E-state index in [0.717, 1.165) is 19.3 Å². The van der Waals surface area contributed by atoms with Gasteiger partial charge >= 0.3 is 0 Å². The Kier molecular flexibility index (Phi) is 4.86. The largest absolute Gasteiger partial charge is 0.353 e. The Balaban J connectivity index is 1.50. The van der Waals surface area contributed by atoms with E-state index >= 15 is 0 Å². The van der Waals surface area contributed by atoms with Gasteiger partial charge in [0.25, 0.3) is 0 Å². The van der Waals surface area contributed by atoms with E-state index in [1.165, 1.54) is 23.7 Å². The average molecular weight is 393 g/mol. The highest BCUT2D eigenvalue weighted by Gasteiger charge is 2.29. The second kappa shape index (κ2) is 7.13. The molecular formula is C18H21ClN4O2S. The number of aromatic nitrogens is 2. The molecule has 0 bridgehead atoms. The van der Waals surface area contributed by atoms with E-state index in [-0.39, 0.29) is 0 Å². The van der Waals surface area contributed by atoms with E-state index in [4.69, 9.17) is 11.6 Å². The molecule has 0 atom stereocenters. The smallest absolute Gasteiger partial charge is 0.243 e. The minimum Gasteiger partial charge on any atom is -0.353 e. The van der Waals surface area contributed by atoms with Crippen LogP contribution in [0.3, 0.4) is 0 Å². The molecule has 2 heterocycles. The molecule has 0 radical (unpaired) electrons. The molecule has 138 valence electrons. The van der Waals surface area contributed by atoms with Gasteiger partial charge in [-0.05, 0) is 48.9 Å². The third kappa shape index (κ3) is 3.43. The maximum Gasteiger partial charge on any atom is 0.243 e. The van der Waals surface area contributed by atoms with E-state index in [9.17, 15) is 8.42 Å². The van der Waals surface area contributed by atoms with Gasteiger partial charge in [-0.1, -0.05) is 17.7 Å². The van der Waals surface area contributed by atoms with E-state index < -0.39 is 10.0 Å². The molecule has 0 saturated carbocycles. The number of anilines is 1. The number of halogens is 1. The van der Waals surface area contributed by atoms with Crippen LogP contribution in [0.15, 0.2) is 35.5 Å². The lowest BCUT2D eigenvalue weighted by Crippen LogP contribution is -2.49. The summed E-state index contributed by atoms with van der Waals surface area (Å²) in [6.07, 6.45) is 7.49. The van der Waals surface area contributed by atoms with E-state index in [2.05, 4.69) is 9.97 Å². The van der Waals surface area contributed by atoms with Crippen LogP contribution < -0.4 is 4.90 Å². The zero-order valence-corrected chi connectivity index (χ0v) is 16.0. The van der Waals surface area contributed by atoms with Crippen LogP contribution in [0.1, 0.15) is 24.0 Å². The lowest BCUT2D eigenvalue weighted by molar-refractivity contribution is 0.383. The molecule has 4 rings (SSSR count). The molecule has 1 aliphatic carbocycles. The van der Waals surface area contributed by atoms with Crippen molar-refractivity contribution in [3.63, 3.8) is 0 Å². The van der Waals surface area contributed by atoms with Crippen molar-refractivity contribution in [1.82, 2.24) is 14.3 Å². The van der Waals surface area contributed by atoms with Crippen LogP contribution in [0.4, 0.5) is 5.82 Å². The molecule has 2 aliphatic rings. The quantitative estimate of drug-likeness (QED) is 0.802. The van der Waals surface area contributed by atoms with Gasteiger partial charge in [0.05, 0.1) is 17.3 Å². The van der Waals surface area contributed by atoms with Crippen LogP contribution in [-0.2, 0) is 22.9 Å². The molecule has 1 aromatic carbocycles. The van der Waals surface area contributed by atoms with Gasteiger partial charge in [0, 0.05) is 26.2 Å². The van der Waals surface area contributed by atoms with Gasteiger partial charge in [-0.2, -0.15) is 4.31 Å². The second-order valence-corrected chi connectivity index (χ2v) is 9.05. The Morgan fingerprint density at radius 1 is 0.962 bits per heavy atom. The Morgan fingerprint density at radius 3 is 2.42 bits per heavy atom. The normalized spacial score (nSPS) is 18.6. The van der Waals surface area contributed by atoms with Crippen molar-refractivity contribution < 1.29 is 8.42 Å². The number of fused-ring (bicyclic) bond motifs is 1. The molecular weight excluding hydrogens is 372 g/mol. The first-order chi connectivity index (χ1) is 12.5. The zero-order chi connectivity index (χ0) is 18.1. The van der Waals surface area contributed by atoms with Gasteiger partial charge in [-0.3, -0.25) is 4.98 Å². The van der Waals surface area contributed by atoms with Gasteiger partial charge in [-0.25, -0.2) is 13.4 Å². The molecule has 1 aliphatic heterocycles. The molecule has 8 heteroatoms. The molecule has 0 unspecified atom stereocenters. The van der Waals surface area contributed by atoms with Crippen molar-refractivity contribution in [3.8, 4) is 0 Å². The van der Waals surface area contributed by atoms with Crippen molar-refractivity contribution in [2.45, 2.75) is 30.6 Å². The molecule has 1 fully saturated rings. The molecule has 1 aromatic heterocycles. The van der Waals surface area contributed by atoms with Gasteiger partial charge in [-0.15, -0.1) is 0 Å². The molecule has 2 aromatic rings. The SMILES string of the molecule is O=S(=O)(c1ccc2c(c1)CCCC2)N1CCN(c2cncc(Cl)n2)CC1. The topological polar surface area (TPSA) is 66.4 Å². The van der Waals surface area contributed by atoms with Crippen molar-refractivity contribution in [1.29, 1.82) is 0 Å². The Bertz CT molecular complexity index is 911. The summed E-state index contributed by atoms with van der Waals surface area (Å²) in [7, 11) is -3.46. The van der Waals surface area contributed by atoms with Gasteiger partial charge in [0.15, 0.2) is 0 Å². The lowest BCUT2D eigenvalue weighted by Gasteiger charge is -2.34. The highest BCUT2D eigenvalue weighted by molar-refractivity contribution is 7.89. The number of rotatable bonds is 3. The average Bonchev–Trinajstić information content (AvgIpc) is 2.67. The van der Waals surface area contributed by atoms with E-state index in [1.54, 1.807) is 16.6 Å². The summed E-state index contributed by atoms with van der Waals surface area (Å²) in [5.41, 5.74) is 2.48. The minimum absolute atomic E-state index is 0.339. The van der Waals surface area contributed by atoms with Crippen molar-refractivity contribution >= 4 is 27.4 Å². The van der Waals surface area contributed by atoms with Crippen LogP contribution in [0, 0.1) is 0 Å². The first-order valence-electron chi connectivity index (χ1n) is 8.88. The number of aryl methyl sites for hydroxylation is 2. The summed E-state index contributed by atoms with van der Waals surface area (Å²) in [5, 5.41) is 0.339. The Hall–Kier alpha value is -1.70. The number of hydrogen-bond acceptors (Lipinski definition) is 5.